The van der Waals surface area contributed by atoms with Crippen LogP contribution in [0.3, 0.4) is 0 Å². The van der Waals surface area contributed by atoms with Crippen LogP contribution in [0.5, 0.6) is 0 Å². The van der Waals surface area contributed by atoms with E-state index >= 15 is 0 Å². The van der Waals surface area contributed by atoms with E-state index in [1.807, 2.05) is 6.92 Å². The molecule has 2 aromatic rings. The average molecular weight is 493 g/mol. The Kier molecular flexibility index (Phi) is 4.31. The number of hydrogen-bond donors (Lipinski definition) is 0. The lowest BCUT2D eigenvalue weighted by Crippen LogP contribution is -2.07. The van der Waals surface area contributed by atoms with Gasteiger partial charge in [0.15, 0.2) is 0 Å². The molecule has 0 spiro atoms. The van der Waals surface area contributed by atoms with Gasteiger partial charge >= 0.3 is 6.18 Å². The highest BCUT2D eigenvalue weighted by molar-refractivity contribution is 9.25. The molecule has 1 aromatic carbocycles. The first kappa shape index (κ1) is 17.6. The van der Waals surface area contributed by atoms with Crippen molar-refractivity contribution in [2.45, 2.75) is 28.7 Å². The van der Waals surface area contributed by atoms with Crippen molar-refractivity contribution in [3.63, 3.8) is 0 Å². The lowest BCUT2D eigenvalue weighted by Gasteiger charge is -2.12. The van der Waals surface area contributed by atoms with Crippen LogP contribution in [0.1, 0.15) is 29.2 Å². The molecule has 1 aromatic heterocycles. The second kappa shape index (κ2) is 5.64. The predicted molar refractivity (Wildman–Crippen MR) is 91.3 cm³/mol. The molecule has 0 amide bonds. The van der Waals surface area contributed by atoms with Gasteiger partial charge in [-0.15, -0.1) is 0 Å². The monoisotopic (exact) mass is 490 g/mol. The van der Waals surface area contributed by atoms with Gasteiger partial charge in [-0.2, -0.15) is 18.3 Å². The first-order chi connectivity index (χ1) is 10.5. The highest BCUT2D eigenvalue weighted by Crippen LogP contribution is 2.62. The normalized spacial score (nSPS) is 19.9. The van der Waals surface area contributed by atoms with Crippen LogP contribution in [0.15, 0.2) is 18.3 Å². The van der Waals surface area contributed by atoms with Crippen molar-refractivity contribution in [3.8, 4) is 5.69 Å². The maximum atomic E-state index is 12.8. The van der Waals surface area contributed by atoms with E-state index in [4.69, 9.17) is 23.2 Å². The molecule has 3 rings (SSSR count). The van der Waals surface area contributed by atoms with E-state index < -0.39 is 11.7 Å². The number of hydrogen-bond acceptors (Lipinski definition) is 1. The van der Waals surface area contributed by atoms with Gasteiger partial charge in [0.2, 0.25) is 0 Å². The van der Waals surface area contributed by atoms with Crippen molar-refractivity contribution < 1.29 is 13.2 Å². The third kappa shape index (κ3) is 3.30. The third-order valence-corrected chi connectivity index (χ3v) is 6.04. The van der Waals surface area contributed by atoms with Crippen LogP contribution < -0.4 is 0 Å². The van der Waals surface area contributed by atoms with Gasteiger partial charge in [0, 0.05) is 12.1 Å². The molecule has 124 valence electrons. The third-order valence-electron chi connectivity index (χ3n) is 3.71. The van der Waals surface area contributed by atoms with Crippen molar-refractivity contribution in [1.82, 2.24) is 9.78 Å². The Morgan fingerprint density at radius 2 is 1.78 bits per heavy atom. The molecule has 0 saturated heterocycles. The van der Waals surface area contributed by atoms with Crippen molar-refractivity contribution in [2.24, 2.45) is 0 Å². The van der Waals surface area contributed by atoms with Crippen LogP contribution in [0.2, 0.25) is 10.0 Å². The van der Waals surface area contributed by atoms with E-state index in [0.29, 0.717) is 0 Å². The zero-order valence-electron chi connectivity index (χ0n) is 11.6. The molecule has 1 fully saturated rings. The molecular weight excluding hydrogens is 484 g/mol. The molecule has 1 aliphatic rings. The summed E-state index contributed by atoms with van der Waals surface area (Å²) in [5.74, 6) is 0.239. The molecule has 1 unspecified atom stereocenters. The zero-order chi connectivity index (χ0) is 17.2. The summed E-state index contributed by atoms with van der Waals surface area (Å²) in [5.41, 5.74) is 1.13. The molecule has 1 heterocycles. The van der Waals surface area contributed by atoms with Gasteiger partial charge in [-0.05, 0) is 31.0 Å². The second-order valence-electron chi connectivity index (χ2n) is 5.42. The molecule has 2 nitrogen and oxygen atoms in total. The molecule has 23 heavy (non-hydrogen) atoms. The summed E-state index contributed by atoms with van der Waals surface area (Å²) < 4.78 is 39.7. The van der Waals surface area contributed by atoms with Crippen LogP contribution in [0, 0.1) is 6.92 Å². The van der Waals surface area contributed by atoms with E-state index in [1.165, 1.54) is 4.68 Å². The molecule has 0 aliphatic heterocycles. The summed E-state index contributed by atoms with van der Waals surface area (Å²) in [5, 5.41) is 4.15. The Bertz CT molecular complexity index is 764. The Morgan fingerprint density at radius 3 is 2.22 bits per heavy atom. The minimum atomic E-state index is -4.50. The Labute approximate surface area is 157 Å². The Balaban J connectivity index is 2.05. The summed E-state index contributed by atoms with van der Waals surface area (Å²) in [6, 6.07) is 1.71. The van der Waals surface area contributed by atoms with Crippen molar-refractivity contribution in [3.05, 3.63) is 45.2 Å². The first-order valence-corrected chi connectivity index (χ1v) is 8.85. The minimum Gasteiger partial charge on any atom is -0.237 e. The summed E-state index contributed by atoms with van der Waals surface area (Å²) in [7, 11) is 0. The largest absolute Gasteiger partial charge is 0.416 e. The van der Waals surface area contributed by atoms with Gasteiger partial charge in [-0.3, -0.25) is 0 Å². The fraction of sp³-hybridized carbons (Fsp3) is 0.357. The number of rotatable bonds is 2. The summed E-state index contributed by atoms with van der Waals surface area (Å²) in [6.07, 6.45) is -1.85. The molecule has 1 saturated carbocycles. The summed E-state index contributed by atoms with van der Waals surface area (Å²) >= 11 is 19.2. The van der Waals surface area contributed by atoms with E-state index in [9.17, 15) is 13.2 Å². The minimum absolute atomic E-state index is 0.0985. The van der Waals surface area contributed by atoms with Gasteiger partial charge in [-0.1, -0.05) is 55.1 Å². The number of benzene rings is 1. The second-order valence-corrected chi connectivity index (χ2v) is 10.1. The number of aryl methyl sites for hydroxylation is 1. The number of nitrogens with zero attached hydrogens (tertiary/aromatic N) is 2. The molecular formula is C14H9Br2Cl2F3N2. The van der Waals surface area contributed by atoms with E-state index in [1.54, 1.807) is 6.20 Å². The number of aromatic nitrogens is 2. The summed E-state index contributed by atoms with van der Waals surface area (Å²) in [4.78, 5) is 0. The van der Waals surface area contributed by atoms with E-state index in [2.05, 4.69) is 37.0 Å². The fourth-order valence-electron chi connectivity index (χ4n) is 2.43. The topological polar surface area (TPSA) is 17.8 Å². The zero-order valence-corrected chi connectivity index (χ0v) is 16.2. The van der Waals surface area contributed by atoms with Crippen LogP contribution in [-0.2, 0) is 6.18 Å². The van der Waals surface area contributed by atoms with Crippen LogP contribution in [-0.4, -0.2) is 13.0 Å². The maximum absolute atomic E-state index is 12.8. The summed E-state index contributed by atoms with van der Waals surface area (Å²) in [6.45, 7) is 1.84. The van der Waals surface area contributed by atoms with Crippen molar-refractivity contribution in [2.75, 3.05) is 0 Å². The van der Waals surface area contributed by atoms with Gasteiger partial charge < -0.3 is 0 Å². The quantitative estimate of drug-likeness (QED) is 0.439. The maximum Gasteiger partial charge on any atom is 0.416 e. The first-order valence-electron chi connectivity index (χ1n) is 6.51. The highest BCUT2D eigenvalue weighted by Gasteiger charge is 2.52. The molecule has 0 radical (unpaired) electrons. The molecule has 1 aliphatic carbocycles. The Morgan fingerprint density at radius 1 is 1.26 bits per heavy atom. The van der Waals surface area contributed by atoms with Gasteiger partial charge in [0.25, 0.3) is 0 Å². The van der Waals surface area contributed by atoms with Crippen LogP contribution in [0.4, 0.5) is 13.2 Å². The van der Waals surface area contributed by atoms with Crippen LogP contribution in [0.25, 0.3) is 5.69 Å². The fourth-order valence-corrected chi connectivity index (χ4v) is 4.23. The smallest absolute Gasteiger partial charge is 0.237 e. The standard InChI is InChI=1S/C14H9Br2Cl2F3N2/c1-6-8(9-4-13(9,15)16)5-23(22-6)12-10(17)2-7(3-11(12)18)14(19,20)21/h2-3,5,9H,4H2,1H3. The highest BCUT2D eigenvalue weighted by atomic mass is 79.9. The Hall–Kier alpha value is -0.240. The van der Waals surface area contributed by atoms with E-state index in [0.717, 1.165) is 29.8 Å². The number of alkyl halides is 5. The molecule has 9 heteroatoms. The SMILES string of the molecule is Cc1nn(-c2c(Cl)cc(C(F)(F)F)cc2Cl)cc1C1CC1(Br)Br. The molecule has 0 bridgehead atoms. The van der Waals surface area contributed by atoms with Crippen LogP contribution >= 0.6 is 55.1 Å². The lowest BCUT2D eigenvalue weighted by molar-refractivity contribution is -0.137. The number of halogens is 7. The molecule has 1 atom stereocenters. The predicted octanol–water partition coefficient (Wildman–Crippen LogP) is 6.48. The average Bonchev–Trinajstić information content (AvgIpc) is 2.85. The van der Waals surface area contributed by atoms with Gasteiger partial charge in [-0.25, -0.2) is 4.68 Å². The van der Waals surface area contributed by atoms with Gasteiger partial charge in [0.05, 0.1) is 24.5 Å². The lowest BCUT2D eigenvalue weighted by atomic mass is 10.2. The van der Waals surface area contributed by atoms with E-state index in [-0.39, 0.29) is 24.9 Å². The van der Waals surface area contributed by atoms with Crippen molar-refractivity contribution >= 4 is 55.1 Å². The van der Waals surface area contributed by atoms with Crippen molar-refractivity contribution in [1.29, 1.82) is 0 Å². The van der Waals surface area contributed by atoms with Gasteiger partial charge in [0.1, 0.15) is 5.69 Å². The molecule has 0 N–H and O–H groups in total.